The molecule has 10 aromatic rings. The molecule has 2 atom stereocenters. The highest BCUT2D eigenvalue weighted by molar-refractivity contribution is 6.11. The van der Waals surface area contributed by atoms with Crippen LogP contribution in [0.3, 0.4) is 0 Å². The van der Waals surface area contributed by atoms with Gasteiger partial charge in [0.05, 0.1) is 45.6 Å². The number of phenols is 2. The molecule has 336 valence electrons. The molecule has 0 aliphatic heterocycles. The maximum atomic E-state index is 12.4. The quantitative estimate of drug-likeness (QED) is 0.144. The highest BCUT2D eigenvalue weighted by Crippen LogP contribution is 2.46. The van der Waals surface area contributed by atoms with Crippen LogP contribution in [0.25, 0.3) is 77.2 Å². The molecule has 2 aromatic heterocycles. The molecule has 0 aliphatic carbocycles. The Morgan fingerprint density at radius 2 is 0.746 bits per heavy atom. The number of fused-ring (bicyclic) bond motifs is 6. The monoisotopic (exact) mass is 882 g/mol. The summed E-state index contributed by atoms with van der Waals surface area (Å²) in [5.74, 6) is 1.76. The summed E-state index contributed by atoms with van der Waals surface area (Å²) in [6.07, 6.45) is 0.0928. The number of aromatic hydroxyl groups is 2. The van der Waals surface area contributed by atoms with Crippen molar-refractivity contribution in [2.75, 3.05) is 0 Å². The highest BCUT2D eigenvalue weighted by Gasteiger charge is 2.24. The number of hydrogen-bond acceptors (Lipinski definition) is 4. The maximum Gasteiger partial charge on any atom is 0.147 e. The number of aryl methyl sites for hydroxylation is 8. The van der Waals surface area contributed by atoms with Crippen molar-refractivity contribution in [2.45, 2.75) is 87.9 Å². The Morgan fingerprint density at radius 3 is 1.19 bits per heavy atom. The number of rotatable bonds is 10. The van der Waals surface area contributed by atoms with E-state index < -0.39 is 0 Å². The number of ether oxygens (including phenoxy) is 2. The second-order valence-electron chi connectivity index (χ2n) is 19.0. The van der Waals surface area contributed by atoms with Crippen LogP contribution in [-0.4, -0.2) is 31.6 Å². The first-order chi connectivity index (χ1) is 32.2. The minimum absolute atomic E-state index is 0.194. The minimum atomic E-state index is -0.245. The molecule has 0 fully saturated rings. The summed E-state index contributed by atoms with van der Waals surface area (Å²) < 4.78 is 18.0. The van der Waals surface area contributed by atoms with E-state index >= 15 is 0 Å². The molecule has 0 aliphatic rings. The molecule has 2 heterocycles. The van der Waals surface area contributed by atoms with Crippen LogP contribution in [0.5, 0.6) is 23.0 Å². The Morgan fingerprint density at radius 1 is 0.388 bits per heavy atom. The lowest BCUT2D eigenvalue weighted by Crippen LogP contribution is -2.23. The standard InChI is InChI=1S/C61H58N2O4/c1-34-23-50(60(64)56(25-34)62-52-20-14-11-17-44(52)47-27-36(3)39(6)30-53(47)62)45-18-12-15-21-58(45)66-42(9)33-43(10)67-59-22-16-13-19-46(59)51-24-35(2)26-57(61(51)65)63-54-31-40(7)37(4)28-48(54)49-29-38(5)41(8)32-55(49)63/h11-32,42-43,64-65H,33H2,1-10H3/t42?,43-/m1/s1. The summed E-state index contributed by atoms with van der Waals surface area (Å²) in [7, 11) is 0. The average molecular weight is 883 g/mol. The zero-order chi connectivity index (χ0) is 47.0. The highest BCUT2D eigenvalue weighted by atomic mass is 16.5. The van der Waals surface area contributed by atoms with Crippen LogP contribution in [0.4, 0.5) is 0 Å². The molecule has 8 aromatic carbocycles. The molecule has 0 amide bonds. The molecule has 0 spiro atoms. The number of aromatic nitrogens is 2. The fourth-order valence-corrected chi connectivity index (χ4v) is 10.1. The third kappa shape index (κ3) is 7.55. The van der Waals surface area contributed by atoms with Gasteiger partial charge in [-0.1, -0.05) is 54.6 Å². The second kappa shape index (κ2) is 16.8. The maximum absolute atomic E-state index is 12.4. The predicted molar refractivity (Wildman–Crippen MR) is 278 cm³/mol. The summed E-state index contributed by atoms with van der Waals surface area (Å²) in [6, 6.07) is 46.1. The van der Waals surface area contributed by atoms with Crippen molar-refractivity contribution in [1.29, 1.82) is 0 Å². The lowest BCUT2D eigenvalue weighted by atomic mass is 9.99. The summed E-state index contributed by atoms with van der Waals surface area (Å²) in [5.41, 5.74) is 18.1. The fourth-order valence-electron chi connectivity index (χ4n) is 10.1. The number of para-hydroxylation sites is 3. The van der Waals surface area contributed by atoms with E-state index in [1.807, 2.05) is 60.7 Å². The van der Waals surface area contributed by atoms with Crippen molar-refractivity contribution in [3.8, 4) is 56.6 Å². The molecular formula is C61H58N2O4. The first-order valence-electron chi connectivity index (χ1n) is 23.4. The Hall–Kier alpha value is -7.44. The first-order valence-corrected chi connectivity index (χ1v) is 23.4. The Bertz CT molecular complexity index is 3540. The minimum Gasteiger partial charge on any atom is -0.505 e. The normalized spacial score (nSPS) is 12.7. The smallest absolute Gasteiger partial charge is 0.147 e. The molecule has 0 saturated carbocycles. The molecular weight excluding hydrogens is 825 g/mol. The van der Waals surface area contributed by atoms with Gasteiger partial charge in [-0.3, -0.25) is 0 Å². The molecule has 10 rings (SSSR count). The zero-order valence-corrected chi connectivity index (χ0v) is 40.2. The van der Waals surface area contributed by atoms with E-state index in [2.05, 4.69) is 151 Å². The van der Waals surface area contributed by atoms with E-state index in [1.54, 1.807) is 0 Å². The van der Waals surface area contributed by atoms with Gasteiger partial charge >= 0.3 is 0 Å². The van der Waals surface area contributed by atoms with Gasteiger partial charge in [-0.2, -0.15) is 0 Å². The Labute approximate surface area is 393 Å². The van der Waals surface area contributed by atoms with Gasteiger partial charge in [-0.15, -0.1) is 0 Å². The molecule has 0 bridgehead atoms. The SMILES string of the molecule is Cc1cc(-c2ccccc2OC(C)C[C@@H](C)Oc2ccccc2-c2cc(C)cc(-n3c4cc(C)c(C)cc4c4cc(C)c(C)cc43)c2O)c(O)c(-n2c3ccccc3c3cc(C)c(C)cc32)c1. The predicted octanol–water partition coefficient (Wildman–Crippen LogP) is 15.7. The second-order valence-corrected chi connectivity index (χ2v) is 19.0. The molecule has 1 unspecified atom stereocenters. The summed E-state index contributed by atoms with van der Waals surface area (Å²) >= 11 is 0. The van der Waals surface area contributed by atoms with Crippen LogP contribution in [0.15, 0.2) is 133 Å². The number of phenolic OH excluding ortho intramolecular Hbond substituents is 2. The molecule has 0 saturated heterocycles. The lowest BCUT2D eigenvalue weighted by Gasteiger charge is -2.24. The van der Waals surface area contributed by atoms with Crippen molar-refractivity contribution < 1.29 is 19.7 Å². The third-order valence-electron chi connectivity index (χ3n) is 13.9. The largest absolute Gasteiger partial charge is 0.505 e. The number of hydrogen-bond donors (Lipinski definition) is 2. The van der Waals surface area contributed by atoms with Crippen molar-refractivity contribution >= 4 is 43.6 Å². The van der Waals surface area contributed by atoms with Crippen LogP contribution in [0.1, 0.15) is 64.8 Å². The van der Waals surface area contributed by atoms with E-state index in [9.17, 15) is 10.2 Å². The summed E-state index contributed by atoms with van der Waals surface area (Å²) in [6.45, 7) is 21.2. The third-order valence-corrected chi connectivity index (χ3v) is 13.9. The summed E-state index contributed by atoms with van der Waals surface area (Å²) in [4.78, 5) is 0. The van der Waals surface area contributed by atoms with Crippen molar-refractivity contribution in [1.82, 2.24) is 9.13 Å². The van der Waals surface area contributed by atoms with Gasteiger partial charge in [-0.25, -0.2) is 0 Å². The van der Waals surface area contributed by atoms with Crippen molar-refractivity contribution in [3.63, 3.8) is 0 Å². The lowest BCUT2D eigenvalue weighted by molar-refractivity contribution is 0.131. The van der Waals surface area contributed by atoms with Crippen LogP contribution in [0, 0.1) is 55.4 Å². The van der Waals surface area contributed by atoms with Crippen LogP contribution in [0.2, 0.25) is 0 Å². The zero-order valence-electron chi connectivity index (χ0n) is 40.2. The van der Waals surface area contributed by atoms with E-state index in [4.69, 9.17) is 9.47 Å². The first kappa shape index (κ1) is 43.5. The molecule has 0 radical (unpaired) electrons. The fraction of sp³-hybridized carbons (Fsp3) is 0.213. The molecule has 6 heteroatoms. The topological polar surface area (TPSA) is 68.8 Å². The average Bonchev–Trinajstić information content (AvgIpc) is 3.76. The van der Waals surface area contributed by atoms with Gasteiger partial charge in [0.25, 0.3) is 0 Å². The van der Waals surface area contributed by atoms with Gasteiger partial charge in [-0.05, 0) is 193 Å². The summed E-state index contributed by atoms with van der Waals surface area (Å²) in [5, 5.41) is 29.3. The van der Waals surface area contributed by atoms with Gasteiger partial charge in [0.15, 0.2) is 0 Å². The van der Waals surface area contributed by atoms with Gasteiger partial charge in [0.2, 0.25) is 0 Å². The van der Waals surface area contributed by atoms with Gasteiger partial charge < -0.3 is 28.8 Å². The number of nitrogens with zero attached hydrogens (tertiary/aromatic N) is 2. The van der Waals surface area contributed by atoms with E-state index in [1.165, 1.54) is 44.2 Å². The van der Waals surface area contributed by atoms with E-state index in [-0.39, 0.29) is 23.7 Å². The number of benzene rings is 8. The molecule has 67 heavy (non-hydrogen) atoms. The van der Waals surface area contributed by atoms with Crippen molar-refractivity contribution in [2.24, 2.45) is 0 Å². The Kier molecular flexibility index (Phi) is 10.9. The Balaban J connectivity index is 0.952. The van der Waals surface area contributed by atoms with E-state index in [0.717, 1.165) is 66.5 Å². The molecule has 6 nitrogen and oxygen atoms in total. The van der Waals surface area contributed by atoms with Gasteiger partial charge in [0.1, 0.15) is 23.0 Å². The van der Waals surface area contributed by atoms with Gasteiger partial charge in [0, 0.05) is 50.2 Å². The van der Waals surface area contributed by atoms with Crippen LogP contribution < -0.4 is 9.47 Å². The van der Waals surface area contributed by atoms with Crippen molar-refractivity contribution in [3.05, 3.63) is 178 Å². The van der Waals surface area contributed by atoms with E-state index in [0.29, 0.717) is 29.0 Å². The van der Waals surface area contributed by atoms with Crippen LogP contribution in [-0.2, 0) is 0 Å². The van der Waals surface area contributed by atoms with Crippen LogP contribution >= 0.6 is 0 Å². The molecule has 2 N–H and O–H groups in total.